The van der Waals surface area contributed by atoms with E-state index in [2.05, 4.69) is 0 Å². The van der Waals surface area contributed by atoms with Crippen LogP contribution in [0.4, 0.5) is 0 Å². The van der Waals surface area contributed by atoms with E-state index in [1.54, 1.807) is 0 Å². The van der Waals surface area contributed by atoms with Gasteiger partial charge >= 0.3 is 8.80 Å². The molecule has 1 aromatic rings. The minimum atomic E-state index is -3.21. The zero-order valence-corrected chi connectivity index (χ0v) is 12.1. The molecular formula is C13H22O4Si. The van der Waals surface area contributed by atoms with E-state index in [0.29, 0.717) is 6.61 Å². The molecule has 18 heavy (non-hydrogen) atoms. The fraction of sp³-hybridized carbons (Fsp3) is 0.538. The maximum absolute atomic E-state index is 10.4. The van der Waals surface area contributed by atoms with E-state index in [1.165, 1.54) is 7.11 Å². The van der Waals surface area contributed by atoms with Crippen molar-refractivity contribution in [2.24, 2.45) is 0 Å². The summed E-state index contributed by atoms with van der Waals surface area (Å²) in [6.45, 7) is 3.93. The van der Waals surface area contributed by atoms with Gasteiger partial charge in [0.2, 0.25) is 0 Å². The molecule has 1 unspecified atom stereocenters. The summed E-state index contributed by atoms with van der Waals surface area (Å²) in [5.74, 6) is 0. The lowest BCUT2D eigenvalue weighted by Crippen LogP contribution is -2.53. The first kappa shape index (κ1) is 15.3. The van der Waals surface area contributed by atoms with Crippen molar-refractivity contribution < 1.29 is 18.4 Å². The lowest BCUT2D eigenvalue weighted by molar-refractivity contribution is 0.116. The van der Waals surface area contributed by atoms with Crippen LogP contribution in [0.15, 0.2) is 30.3 Å². The Morgan fingerprint density at radius 2 is 1.78 bits per heavy atom. The molecule has 5 heteroatoms. The highest BCUT2D eigenvalue weighted by atomic mass is 28.4. The van der Waals surface area contributed by atoms with Crippen molar-refractivity contribution >= 4 is 14.0 Å². The van der Waals surface area contributed by atoms with Crippen LogP contribution in [0.1, 0.15) is 19.8 Å². The molecule has 0 aliphatic carbocycles. The van der Waals surface area contributed by atoms with Crippen LogP contribution < -0.4 is 5.19 Å². The number of hydrogen-bond donors (Lipinski definition) is 1. The lowest BCUT2D eigenvalue weighted by atomic mass is 10.3. The summed E-state index contributed by atoms with van der Waals surface area (Å²) in [6.07, 6.45) is 1.78. The van der Waals surface area contributed by atoms with E-state index >= 15 is 0 Å². The molecule has 0 saturated carbocycles. The van der Waals surface area contributed by atoms with Crippen molar-refractivity contribution in [3.8, 4) is 0 Å². The maximum atomic E-state index is 10.4. The molecule has 0 aliphatic rings. The van der Waals surface area contributed by atoms with Gasteiger partial charge in [-0.1, -0.05) is 30.3 Å². The second kappa shape index (κ2) is 8.39. The van der Waals surface area contributed by atoms with E-state index in [4.69, 9.17) is 13.6 Å². The summed E-state index contributed by atoms with van der Waals surface area (Å²) in [6, 6.07) is 9.29. The van der Waals surface area contributed by atoms with Crippen LogP contribution in [0.2, 0.25) is 0 Å². The third-order valence-electron chi connectivity index (χ3n) is 2.60. The summed E-state index contributed by atoms with van der Waals surface area (Å²) in [4.78, 5) is 10.4. The summed E-state index contributed by atoms with van der Waals surface area (Å²) in [5.41, 5.74) is 0. The fourth-order valence-corrected chi connectivity index (χ4v) is 3.12. The van der Waals surface area contributed by atoms with Crippen LogP contribution in [-0.4, -0.2) is 40.5 Å². The van der Waals surface area contributed by atoms with Crippen LogP contribution >= 0.6 is 0 Å². The highest BCUT2D eigenvalue weighted by Gasteiger charge is 2.38. The Kier molecular flexibility index (Phi) is 7.15. The molecule has 4 nitrogen and oxygen atoms in total. The molecule has 102 valence electrons. The minimum absolute atomic E-state index is 0.485. The van der Waals surface area contributed by atoms with Gasteiger partial charge in [0, 0.05) is 32.1 Å². The van der Waals surface area contributed by atoms with Gasteiger partial charge in [-0.2, -0.15) is 0 Å². The molecule has 0 spiro atoms. The van der Waals surface area contributed by atoms with Gasteiger partial charge in [0.25, 0.3) is 0 Å². The molecule has 1 rings (SSSR count). The van der Waals surface area contributed by atoms with Gasteiger partial charge in [-0.15, -0.1) is 0 Å². The Morgan fingerprint density at radius 1 is 1.11 bits per heavy atom. The zero-order chi connectivity index (χ0) is 13.3. The zero-order valence-electron chi connectivity index (χ0n) is 11.1. The van der Waals surface area contributed by atoms with E-state index in [1.807, 2.05) is 37.3 Å². The average Bonchev–Trinajstić information content (AvgIpc) is 2.43. The van der Waals surface area contributed by atoms with Crippen LogP contribution in [0.3, 0.4) is 0 Å². The van der Waals surface area contributed by atoms with Crippen LogP contribution in [0, 0.1) is 0 Å². The highest BCUT2D eigenvalue weighted by molar-refractivity contribution is 6.74. The molecule has 0 amide bonds. The monoisotopic (exact) mass is 270 g/mol. The second-order valence-corrected chi connectivity index (χ2v) is 6.34. The normalized spacial score (nSPS) is 14.4. The second-order valence-electron chi connectivity index (χ2n) is 3.90. The third kappa shape index (κ3) is 4.87. The number of benzene rings is 1. The van der Waals surface area contributed by atoms with Gasteiger partial charge in [0.05, 0.1) is 0 Å². The first-order valence-corrected chi connectivity index (χ1v) is 8.04. The molecule has 0 aromatic heterocycles. The fourth-order valence-electron chi connectivity index (χ4n) is 1.57. The standard InChI is InChI=1S/C13H22O4Si/c1-3-16-11-7-8-12-17-18(14,15-2)13-9-5-4-6-10-13/h4-6,9-10,14H,3,7-8,11-12H2,1-2H3. The van der Waals surface area contributed by atoms with Crippen molar-refractivity contribution in [1.82, 2.24) is 0 Å². The molecule has 0 aliphatic heterocycles. The Labute approximate surface area is 110 Å². The van der Waals surface area contributed by atoms with Crippen LogP contribution in [-0.2, 0) is 13.6 Å². The predicted molar refractivity (Wildman–Crippen MR) is 72.7 cm³/mol. The molecule has 0 fully saturated rings. The lowest BCUT2D eigenvalue weighted by Gasteiger charge is -2.22. The van der Waals surface area contributed by atoms with Gasteiger partial charge in [-0.3, -0.25) is 0 Å². The highest BCUT2D eigenvalue weighted by Crippen LogP contribution is 2.05. The Morgan fingerprint density at radius 3 is 2.39 bits per heavy atom. The maximum Gasteiger partial charge on any atom is 0.534 e. The summed E-state index contributed by atoms with van der Waals surface area (Å²) >= 11 is 0. The third-order valence-corrected chi connectivity index (χ3v) is 4.81. The van der Waals surface area contributed by atoms with E-state index in [-0.39, 0.29) is 0 Å². The quantitative estimate of drug-likeness (QED) is 0.543. The van der Waals surface area contributed by atoms with Crippen molar-refractivity contribution in [3.05, 3.63) is 30.3 Å². The SMILES string of the molecule is CCOCCCCO[Si](O)(OC)c1ccccc1. The molecule has 0 bridgehead atoms. The number of hydrogen-bond acceptors (Lipinski definition) is 4. The van der Waals surface area contributed by atoms with Crippen molar-refractivity contribution in [2.45, 2.75) is 19.8 Å². The van der Waals surface area contributed by atoms with Gasteiger partial charge in [0.15, 0.2) is 0 Å². The summed E-state index contributed by atoms with van der Waals surface area (Å²) in [7, 11) is -1.72. The van der Waals surface area contributed by atoms with E-state index in [9.17, 15) is 4.80 Å². The van der Waals surface area contributed by atoms with Gasteiger partial charge < -0.3 is 18.4 Å². The van der Waals surface area contributed by atoms with Crippen molar-refractivity contribution in [1.29, 1.82) is 0 Å². The number of rotatable bonds is 9. The van der Waals surface area contributed by atoms with Gasteiger partial charge in [-0.25, -0.2) is 0 Å². The molecule has 1 atom stereocenters. The van der Waals surface area contributed by atoms with Crippen molar-refractivity contribution in [2.75, 3.05) is 26.9 Å². The smallest absolute Gasteiger partial charge is 0.386 e. The first-order valence-electron chi connectivity index (χ1n) is 6.27. The van der Waals surface area contributed by atoms with E-state index < -0.39 is 8.80 Å². The van der Waals surface area contributed by atoms with Crippen molar-refractivity contribution in [3.63, 3.8) is 0 Å². The molecule has 0 radical (unpaired) electrons. The molecule has 1 aromatic carbocycles. The van der Waals surface area contributed by atoms with E-state index in [0.717, 1.165) is 31.2 Å². The Bertz CT molecular complexity index is 320. The minimum Gasteiger partial charge on any atom is -0.386 e. The summed E-state index contributed by atoms with van der Waals surface area (Å²) < 4.78 is 16.0. The molecule has 1 N–H and O–H groups in total. The Balaban J connectivity index is 2.37. The Hall–Kier alpha value is -0.723. The number of ether oxygens (including phenoxy) is 1. The first-order chi connectivity index (χ1) is 8.73. The van der Waals surface area contributed by atoms with Gasteiger partial charge in [-0.05, 0) is 19.8 Å². The van der Waals surface area contributed by atoms with Crippen LogP contribution in [0.25, 0.3) is 0 Å². The largest absolute Gasteiger partial charge is 0.534 e. The summed E-state index contributed by atoms with van der Waals surface area (Å²) in [5, 5.41) is 0.734. The average molecular weight is 270 g/mol. The molecular weight excluding hydrogens is 248 g/mol. The number of unbranched alkanes of at least 4 members (excludes halogenated alkanes) is 1. The van der Waals surface area contributed by atoms with Gasteiger partial charge in [0.1, 0.15) is 0 Å². The molecule has 0 heterocycles. The predicted octanol–water partition coefficient (Wildman–Crippen LogP) is 1.30. The topological polar surface area (TPSA) is 47.9 Å². The van der Waals surface area contributed by atoms with Crippen LogP contribution in [0.5, 0.6) is 0 Å². The molecule has 0 saturated heterocycles.